The van der Waals surface area contributed by atoms with Gasteiger partial charge in [-0.2, -0.15) is 0 Å². The van der Waals surface area contributed by atoms with Gasteiger partial charge in [0, 0.05) is 24.5 Å². The maximum atomic E-state index is 3.28. The molecular formula is C17H18N2. The molecular weight excluding hydrogens is 232 g/mol. The SMILES string of the molecule is CNc1cc(C)c(C)n2cc(-c3ccccc3)cc12. The van der Waals surface area contributed by atoms with Gasteiger partial charge in [-0.05, 0) is 37.1 Å². The first-order valence-corrected chi connectivity index (χ1v) is 6.56. The van der Waals surface area contributed by atoms with Crippen LogP contribution in [0.1, 0.15) is 11.3 Å². The molecule has 1 N–H and O–H groups in total. The Morgan fingerprint density at radius 1 is 0.947 bits per heavy atom. The average molecular weight is 250 g/mol. The topological polar surface area (TPSA) is 16.4 Å². The van der Waals surface area contributed by atoms with E-state index in [1.807, 2.05) is 13.1 Å². The summed E-state index contributed by atoms with van der Waals surface area (Å²) >= 11 is 0. The first-order valence-electron chi connectivity index (χ1n) is 6.56. The molecule has 3 aromatic rings. The second kappa shape index (κ2) is 4.47. The van der Waals surface area contributed by atoms with Crippen molar-refractivity contribution >= 4 is 11.2 Å². The van der Waals surface area contributed by atoms with Gasteiger partial charge in [-0.25, -0.2) is 0 Å². The molecule has 0 spiro atoms. The van der Waals surface area contributed by atoms with Crippen LogP contribution in [0.25, 0.3) is 16.6 Å². The molecule has 0 radical (unpaired) electrons. The lowest BCUT2D eigenvalue weighted by atomic mass is 10.1. The maximum absolute atomic E-state index is 3.28. The number of benzene rings is 1. The summed E-state index contributed by atoms with van der Waals surface area (Å²) in [5, 5.41) is 3.28. The fraction of sp³-hybridized carbons (Fsp3) is 0.176. The Kier molecular flexibility index (Phi) is 2.79. The number of hydrogen-bond acceptors (Lipinski definition) is 1. The number of fused-ring (bicyclic) bond motifs is 1. The number of nitrogens with zero attached hydrogens (tertiary/aromatic N) is 1. The van der Waals surface area contributed by atoms with Crippen LogP contribution in [0.2, 0.25) is 0 Å². The molecule has 0 aliphatic rings. The third-order valence-electron chi connectivity index (χ3n) is 3.77. The molecule has 0 aliphatic carbocycles. The van der Waals surface area contributed by atoms with Gasteiger partial charge in [-0.15, -0.1) is 0 Å². The molecule has 96 valence electrons. The number of anilines is 1. The van der Waals surface area contributed by atoms with E-state index in [1.54, 1.807) is 0 Å². The van der Waals surface area contributed by atoms with E-state index in [0.717, 1.165) is 0 Å². The highest BCUT2D eigenvalue weighted by atomic mass is 14.9. The monoisotopic (exact) mass is 250 g/mol. The van der Waals surface area contributed by atoms with Crippen molar-refractivity contribution in [2.45, 2.75) is 13.8 Å². The largest absolute Gasteiger partial charge is 0.386 e. The highest BCUT2D eigenvalue weighted by molar-refractivity contribution is 5.80. The lowest BCUT2D eigenvalue weighted by Crippen LogP contribution is -1.98. The molecule has 2 heteroatoms. The molecule has 0 fully saturated rings. The van der Waals surface area contributed by atoms with Crippen molar-refractivity contribution in [3.05, 3.63) is 59.9 Å². The Bertz CT molecular complexity index is 724. The Balaban J connectivity index is 2.29. The molecule has 2 heterocycles. The van der Waals surface area contributed by atoms with Gasteiger partial charge in [0.2, 0.25) is 0 Å². The van der Waals surface area contributed by atoms with Gasteiger partial charge in [0.25, 0.3) is 0 Å². The average Bonchev–Trinajstić information content (AvgIpc) is 2.89. The van der Waals surface area contributed by atoms with Crippen LogP contribution in [0.15, 0.2) is 48.7 Å². The number of rotatable bonds is 2. The van der Waals surface area contributed by atoms with E-state index in [9.17, 15) is 0 Å². The minimum absolute atomic E-state index is 1.17. The van der Waals surface area contributed by atoms with Gasteiger partial charge in [0.1, 0.15) is 0 Å². The third-order valence-corrected chi connectivity index (χ3v) is 3.77. The van der Waals surface area contributed by atoms with E-state index in [2.05, 4.69) is 66.2 Å². The standard InChI is InChI=1S/C17H18N2/c1-12-9-16(18-3)17-10-15(11-19(17)13(12)2)14-7-5-4-6-8-14/h4-11,18H,1-3H3. The molecule has 0 bridgehead atoms. The number of aryl methyl sites for hydroxylation is 2. The zero-order valence-electron chi connectivity index (χ0n) is 11.6. The predicted octanol–water partition coefficient (Wildman–Crippen LogP) is 4.26. The van der Waals surface area contributed by atoms with E-state index in [-0.39, 0.29) is 0 Å². The lowest BCUT2D eigenvalue weighted by molar-refractivity contribution is 1.07. The Labute approximate surface area is 113 Å². The van der Waals surface area contributed by atoms with E-state index < -0.39 is 0 Å². The minimum atomic E-state index is 1.17. The Morgan fingerprint density at radius 2 is 1.68 bits per heavy atom. The highest BCUT2D eigenvalue weighted by Gasteiger charge is 2.09. The quantitative estimate of drug-likeness (QED) is 0.718. The van der Waals surface area contributed by atoms with Crippen LogP contribution >= 0.6 is 0 Å². The van der Waals surface area contributed by atoms with Crippen molar-refractivity contribution in [2.75, 3.05) is 12.4 Å². The van der Waals surface area contributed by atoms with Gasteiger partial charge in [0.15, 0.2) is 0 Å². The van der Waals surface area contributed by atoms with Crippen LogP contribution in [0.4, 0.5) is 5.69 Å². The second-order valence-corrected chi connectivity index (χ2v) is 4.93. The number of nitrogens with one attached hydrogen (secondary N) is 1. The normalized spacial score (nSPS) is 10.9. The third kappa shape index (κ3) is 1.89. The highest BCUT2D eigenvalue weighted by Crippen LogP contribution is 2.29. The Morgan fingerprint density at radius 3 is 2.37 bits per heavy atom. The summed E-state index contributed by atoms with van der Waals surface area (Å²) in [5.41, 5.74) is 7.49. The van der Waals surface area contributed by atoms with Crippen LogP contribution in [-0.2, 0) is 0 Å². The maximum Gasteiger partial charge on any atom is 0.0692 e. The Hall–Kier alpha value is -2.22. The van der Waals surface area contributed by atoms with Crippen LogP contribution in [0.5, 0.6) is 0 Å². The molecule has 0 atom stereocenters. The zero-order valence-corrected chi connectivity index (χ0v) is 11.6. The number of hydrogen-bond donors (Lipinski definition) is 1. The van der Waals surface area contributed by atoms with Crippen LogP contribution in [0, 0.1) is 13.8 Å². The van der Waals surface area contributed by atoms with Gasteiger partial charge < -0.3 is 9.72 Å². The fourth-order valence-corrected chi connectivity index (χ4v) is 2.52. The summed E-state index contributed by atoms with van der Waals surface area (Å²) in [6.07, 6.45) is 2.22. The molecule has 0 saturated carbocycles. The molecule has 2 nitrogen and oxygen atoms in total. The van der Waals surface area contributed by atoms with E-state index >= 15 is 0 Å². The first kappa shape index (κ1) is 11.8. The summed E-state index contributed by atoms with van der Waals surface area (Å²) in [5.74, 6) is 0. The van der Waals surface area contributed by atoms with Gasteiger partial charge >= 0.3 is 0 Å². The molecule has 0 saturated heterocycles. The lowest BCUT2D eigenvalue weighted by Gasteiger charge is -2.10. The van der Waals surface area contributed by atoms with E-state index in [4.69, 9.17) is 0 Å². The van der Waals surface area contributed by atoms with Crippen molar-refractivity contribution in [2.24, 2.45) is 0 Å². The summed E-state index contributed by atoms with van der Waals surface area (Å²) in [6.45, 7) is 4.31. The molecule has 0 amide bonds. The van der Waals surface area contributed by atoms with Gasteiger partial charge in [0.05, 0.1) is 11.2 Å². The minimum Gasteiger partial charge on any atom is -0.386 e. The molecule has 3 rings (SSSR count). The van der Waals surface area contributed by atoms with Crippen molar-refractivity contribution in [1.82, 2.24) is 4.40 Å². The molecule has 0 aliphatic heterocycles. The smallest absolute Gasteiger partial charge is 0.0692 e. The van der Waals surface area contributed by atoms with Crippen molar-refractivity contribution in [1.29, 1.82) is 0 Å². The predicted molar refractivity (Wildman–Crippen MR) is 81.9 cm³/mol. The first-order chi connectivity index (χ1) is 9.20. The molecule has 2 aromatic heterocycles. The summed E-state index contributed by atoms with van der Waals surface area (Å²) in [7, 11) is 1.97. The summed E-state index contributed by atoms with van der Waals surface area (Å²) < 4.78 is 2.27. The summed E-state index contributed by atoms with van der Waals surface area (Å²) in [6, 6.07) is 15.0. The van der Waals surface area contributed by atoms with E-state index in [1.165, 1.54) is 33.6 Å². The number of pyridine rings is 1. The molecule has 0 unspecified atom stereocenters. The van der Waals surface area contributed by atoms with Crippen molar-refractivity contribution in [3.63, 3.8) is 0 Å². The van der Waals surface area contributed by atoms with Crippen LogP contribution < -0.4 is 5.32 Å². The summed E-state index contributed by atoms with van der Waals surface area (Å²) in [4.78, 5) is 0. The van der Waals surface area contributed by atoms with Gasteiger partial charge in [-0.3, -0.25) is 0 Å². The van der Waals surface area contributed by atoms with E-state index in [0.29, 0.717) is 0 Å². The molecule has 19 heavy (non-hydrogen) atoms. The fourth-order valence-electron chi connectivity index (χ4n) is 2.52. The molecule has 1 aromatic carbocycles. The number of aromatic nitrogens is 1. The van der Waals surface area contributed by atoms with Crippen LogP contribution in [-0.4, -0.2) is 11.4 Å². The van der Waals surface area contributed by atoms with Crippen LogP contribution in [0.3, 0.4) is 0 Å². The van der Waals surface area contributed by atoms with Crippen molar-refractivity contribution in [3.8, 4) is 11.1 Å². The van der Waals surface area contributed by atoms with Crippen molar-refractivity contribution < 1.29 is 0 Å². The van der Waals surface area contributed by atoms with Gasteiger partial charge in [-0.1, -0.05) is 30.3 Å². The zero-order chi connectivity index (χ0) is 13.4. The second-order valence-electron chi connectivity index (χ2n) is 4.93.